The van der Waals surface area contributed by atoms with Crippen LogP contribution in [-0.2, 0) is 30.3 Å². The molecule has 1 aliphatic heterocycles. The first-order valence-electron chi connectivity index (χ1n) is 13.4. The number of anilines is 3. The second kappa shape index (κ2) is 13.4. The Morgan fingerprint density at radius 2 is 1.65 bits per heavy atom. The maximum atomic E-state index is 13.3. The molecule has 0 bridgehead atoms. The number of halogens is 1. The fourth-order valence-electron chi connectivity index (χ4n) is 4.17. The van der Waals surface area contributed by atoms with E-state index in [4.69, 9.17) is 21.1 Å². The van der Waals surface area contributed by atoms with Gasteiger partial charge in [0.2, 0.25) is 5.91 Å². The maximum Gasteiger partial charge on any atom is 0.414 e. The Balaban J connectivity index is 1.48. The van der Waals surface area contributed by atoms with Crippen molar-refractivity contribution in [2.24, 2.45) is 0 Å². The van der Waals surface area contributed by atoms with Crippen LogP contribution in [0.2, 0.25) is 5.02 Å². The van der Waals surface area contributed by atoms with E-state index in [0.29, 0.717) is 16.9 Å². The third-order valence-corrected chi connectivity index (χ3v) is 6.39. The molecule has 3 aromatic carbocycles. The van der Waals surface area contributed by atoms with Crippen molar-refractivity contribution in [2.45, 2.75) is 38.8 Å². The molecule has 0 saturated carbocycles. The number of nitrogens with zero attached hydrogens (tertiary/aromatic N) is 1. The van der Waals surface area contributed by atoms with E-state index in [9.17, 15) is 24.0 Å². The van der Waals surface area contributed by atoms with E-state index in [1.54, 1.807) is 51.1 Å². The van der Waals surface area contributed by atoms with Crippen LogP contribution in [0.25, 0.3) is 0 Å². The van der Waals surface area contributed by atoms with E-state index >= 15 is 0 Å². The zero-order valence-corrected chi connectivity index (χ0v) is 24.6. The van der Waals surface area contributed by atoms with Gasteiger partial charge < -0.3 is 25.4 Å². The summed E-state index contributed by atoms with van der Waals surface area (Å²) < 4.78 is 10.3. The van der Waals surface area contributed by atoms with Crippen LogP contribution in [0.5, 0.6) is 0 Å². The highest BCUT2D eigenvalue weighted by molar-refractivity contribution is 6.40. The minimum Gasteiger partial charge on any atom is -0.456 e. The molecule has 1 unspecified atom stereocenters. The summed E-state index contributed by atoms with van der Waals surface area (Å²) in [5, 5.41) is 7.96. The molecule has 1 saturated heterocycles. The molecular formula is C31H31ClN4O7. The van der Waals surface area contributed by atoms with Gasteiger partial charge in [-0.3, -0.25) is 19.3 Å². The topological polar surface area (TPSA) is 143 Å². The first-order chi connectivity index (χ1) is 20.4. The lowest BCUT2D eigenvalue weighted by molar-refractivity contribution is -0.137. The van der Waals surface area contributed by atoms with Crippen molar-refractivity contribution >= 4 is 58.4 Å². The molecule has 0 aromatic heterocycles. The van der Waals surface area contributed by atoms with Crippen LogP contribution < -0.4 is 20.9 Å². The smallest absolute Gasteiger partial charge is 0.414 e. The van der Waals surface area contributed by atoms with Crippen molar-refractivity contribution in [2.75, 3.05) is 28.7 Å². The standard InChI is InChI=1S/C31H31ClN4O7/c1-31(2,3)43-29(40)20-9-12-22(13-10-20)33-26(37)24(17-19-7-5-4-6-8-19)35-28(39)27(38)34-23-18-21(32)11-14-25(23)36-15-16-42-30(36)41/h4-14,18,24H,15-17H2,1-3H3,(H,33,37)(H,34,38)(H,35,39). The van der Waals surface area contributed by atoms with E-state index in [1.165, 1.54) is 41.3 Å². The number of carbonyl (C=O) groups excluding carboxylic acids is 5. The third-order valence-electron chi connectivity index (χ3n) is 6.16. The van der Waals surface area contributed by atoms with Crippen LogP contribution in [-0.4, -0.2) is 54.6 Å². The normalized spacial score (nSPS) is 13.5. The van der Waals surface area contributed by atoms with E-state index in [1.807, 2.05) is 6.07 Å². The van der Waals surface area contributed by atoms with Gasteiger partial charge in [-0.25, -0.2) is 9.59 Å². The Labute approximate surface area is 253 Å². The monoisotopic (exact) mass is 606 g/mol. The summed E-state index contributed by atoms with van der Waals surface area (Å²) in [6.07, 6.45) is -0.509. The molecule has 0 radical (unpaired) electrons. The molecule has 4 rings (SSSR count). The van der Waals surface area contributed by atoms with E-state index < -0.39 is 41.4 Å². The maximum absolute atomic E-state index is 13.3. The second-order valence-corrected chi connectivity index (χ2v) is 11.1. The molecular weight excluding hydrogens is 576 g/mol. The molecule has 12 heteroatoms. The molecule has 0 spiro atoms. The highest BCUT2D eigenvalue weighted by atomic mass is 35.5. The van der Waals surface area contributed by atoms with Crippen LogP contribution in [0.3, 0.4) is 0 Å². The van der Waals surface area contributed by atoms with Crippen LogP contribution in [0, 0.1) is 0 Å². The summed E-state index contributed by atoms with van der Waals surface area (Å²) in [6, 6.07) is 18.4. The van der Waals surface area contributed by atoms with Gasteiger partial charge in [-0.05, 0) is 68.8 Å². The Morgan fingerprint density at radius 1 is 0.953 bits per heavy atom. The fourth-order valence-corrected chi connectivity index (χ4v) is 4.35. The Hall–Kier alpha value is -4.90. The van der Waals surface area contributed by atoms with Crippen molar-refractivity contribution in [3.05, 3.63) is 88.9 Å². The van der Waals surface area contributed by atoms with E-state index in [2.05, 4.69) is 16.0 Å². The van der Waals surface area contributed by atoms with Gasteiger partial charge in [-0.15, -0.1) is 0 Å². The van der Waals surface area contributed by atoms with Gasteiger partial charge in [0.05, 0.1) is 23.5 Å². The summed E-state index contributed by atoms with van der Waals surface area (Å²) >= 11 is 6.11. The number of carbonyl (C=O) groups is 5. The molecule has 43 heavy (non-hydrogen) atoms. The molecule has 3 aromatic rings. The largest absolute Gasteiger partial charge is 0.456 e. The zero-order chi connectivity index (χ0) is 31.1. The van der Waals surface area contributed by atoms with Gasteiger partial charge in [0.15, 0.2) is 0 Å². The van der Waals surface area contributed by atoms with Gasteiger partial charge in [-0.1, -0.05) is 41.9 Å². The Kier molecular flexibility index (Phi) is 9.66. The molecule has 1 heterocycles. The molecule has 11 nitrogen and oxygen atoms in total. The van der Waals surface area contributed by atoms with Crippen LogP contribution in [0.4, 0.5) is 21.9 Å². The lowest BCUT2D eigenvalue weighted by Gasteiger charge is -2.20. The lowest BCUT2D eigenvalue weighted by atomic mass is 10.0. The van der Waals surface area contributed by atoms with E-state index in [-0.39, 0.29) is 30.3 Å². The van der Waals surface area contributed by atoms with Gasteiger partial charge >= 0.3 is 23.9 Å². The summed E-state index contributed by atoms with van der Waals surface area (Å²) in [4.78, 5) is 65.0. The number of cyclic esters (lactones) is 1. The average Bonchev–Trinajstić information content (AvgIpc) is 3.38. The number of rotatable bonds is 8. The first kappa shape index (κ1) is 31.0. The molecule has 1 fully saturated rings. The van der Waals surface area contributed by atoms with Crippen molar-refractivity contribution in [3.8, 4) is 0 Å². The van der Waals surface area contributed by atoms with Crippen molar-refractivity contribution < 1.29 is 33.4 Å². The number of esters is 1. The summed E-state index contributed by atoms with van der Waals surface area (Å²) in [7, 11) is 0. The highest BCUT2D eigenvalue weighted by Gasteiger charge is 2.29. The second-order valence-electron chi connectivity index (χ2n) is 10.7. The summed E-state index contributed by atoms with van der Waals surface area (Å²) in [5.41, 5.74) is 1.19. The minimum atomic E-state index is -1.14. The number of benzene rings is 3. The van der Waals surface area contributed by atoms with Gasteiger partial charge in [0, 0.05) is 17.1 Å². The third kappa shape index (κ3) is 8.55. The molecule has 1 atom stereocenters. The molecule has 4 amide bonds. The molecule has 224 valence electrons. The van der Waals surface area contributed by atoms with Crippen molar-refractivity contribution in [3.63, 3.8) is 0 Å². The highest BCUT2D eigenvalue weighted by Crippen LogP contribution is 2.31. The Bertz CT molecular complexity index is 1520. The van der Waals surface area contributed by atoms with Crippen LogP contribution in [0.15, 0.2) is 72.8 Å². The fraction of sp³-hybridized carbons (Fsp3) is 0.258. The van der Waals surface area contributed by atoms with Crippen LogP contribution >= 0.6 is 11.6 Å². The predicted octanol–water partition coefficient (Wildman–Crippen LogP) is 4.56. The number of ether oxygens (including phenoxy) is 2. The number of hydrogen-bond acceptors (Lipinski definition) is 7. The van der Waals surface area contributed by atoms with Crippen molar-refractivity contribution in [1.82, 2.24) is 5.32 Å². The predicted molar refractivity (Wildman–Crippen MR) is 161 cm³/mol. The average molecular weight is 607 g/mol. The number of hydrogen-bond donors (Lipinski definition) is 3. The van der Waals surface area contributed by atoms with Gasteiger partial charge in [-0.2, -0.15) is 0 Å². The van der Waals surface area contributed by atoms with Crippen LogP contribution in [0.1, 0.15) is 36.7 Å². The minimum absolute atomic E-state index is 0.0870. The SMILES string of the molecule is CC(C)(C)OC(=O)c1ccc(NC(=O)C(Cc2ccccc2)NC(=O)C(=O)Nc2cc(Cl)ccc2N2CCOC2=O)cc1. The number of amides is 4. The quantitative estimate of drug-likeness (QED) is 0.252. The summed E-state index contributed by atoms with van der Waals surface area (Å²) in [6.45, 7) is 5.72. The molecule has 3 N–H and O–H groups in total. The van der Waals surface area contributed by atoms with Gasteiger partial charge in [0.25, 0.3) is 0 Å². The van der Waals surface area contributed by atoms with Gasteiger partial charge in [0.1, 0.15) is 18.2 Å². The summed E-state index contributed by atoms with van der Waals surface area (Å²) in [5.74, 6) is -3.23. The Morgan fingerprint density at radius 3 is 2.28 bits per heavy atom. The molecule has 0 aliphatic carbocycles. The van der Waals surface area contributed by atoms with Crippen molar-refractivity contribution in [1.29, 1.82) is 0 Å². The van der Waals surface area contributed by atoms with E-state index in [0.717, 1.165) is 5.56 Å². The first-order valence-corrected chi connectivity index (χ1v) is 13.8. The number of nitrogens with one attached hydrogen (secondary N) is 3. The zero-order valence-electron chi connectivity index (χ0n) is 23.8. The molecule has 1 aliphatic rings. The lowest BCUT2D eigenvalue weighted by Crippen LogP contribution is -2.49.